The Labute approximate surface area is 117 Å². The molecule has 4 aliphatic rings. The van der Waals surface area contributed by atoms with Crippen LogP contribution in [0.1, 0.15) is 44.9 Å². The molecule has 108 valence electrons. The lowest BCUT2D eigenvalue weighted by Crippen LogP contribution is -2.69. The van der Waals surface area contributed by atoms with E-state index in [9.17, 15) is 0 Å². The van der Waals surface area contributed by atoms with Crippen molar-refractivity contribution in [2.45, 2.75) is 57.0 Å². The van der Waals surface area contributed by atoms with Crippen molar-refractivity contribution >= 4 is 0 Å². The molecule has 0 aromatic carbocycles. The van der Waals surface area contributed by atoms with Gasteiger partial charge in [0.15, 0.2) is 0 Å². The molecule has 1 unspecified atom stereocenters. The first-order valence-corrected chi connectivity index (χ1v) is 8.56. The SMILES string of the molecule is C1CCC2(CC1)CCC2N1CC(N2CCNCC2)C1. The second-order valence-corrected chi connectivity index (χ2v) is 7.37. The van der Waals surface area contributed by atoms with E-state index in [2.05, 4.69) is 15.1 Å². The van der Waals surface area contributed by atoms with Crippen LogP contribution in [0.2, 0.25) is 0 Å². The number of nitrogens with one attached hydrogen (secondary N) is 1. The Morgan fingerprint density at radius 3 is 2.21 bits per heavy atom. The molecule has 2 heterocycles. The Hall–Kier alpha value is -0.120. The molecule has 3 nitrogen and oxygen atoms in total. The first-order valence-electron chi connectivity index (χ1n) is 8.56. The zero-order valence-electron chi connectivity index (χ0n) is 12.2. The average Bonchev–Trinajstić information content (AvgIpc) is 2.43. The number of hydrogen-bond donors (Lipinski definition) is 1. The minimum Gasteiger partial charge on any atom is -0.314 e. The zero-order chi connectivity index (χ0) is 12.7. The van der Waals surface area contributed by atoms with Gasteiger partial charge in [0.05, 0.1) is 0 Å². The third-order valence-electron chi connectivity index (χ3n) is 6.47. The summed E-state index contributed by atoms with van der Waals surface area (Å²) in [5, 5.41) is 3.47. The maximum absolute atomic E-state index is 3.47. The van der Waals surface area contributed by atoms with Crippen LogP contribution in [0.3, 0.4) is 0 Å². The lowest BCUT2D eigenvalue weighted by Gasteiger charge is -2.61. The first-order chi connectivity index (χ1) is 9.37. The molecule has 0 amide bonds. The molecule has 2 aliphatic heterocycles. The van der Waals surface area contributed by atoms with E-state index >= 15 is 0 Å². The molecule has 19 heavy (non-hydrogen) atoms. The monoisotopic (exact) mass is 263 g/mol. The Bertz CT molecular complexity index is 312. The van der Waals surface area contributed by atoms with Gasteiger partial charge >= 0.3 is 0 Å². The fourth-order valence-electron chi connectivity index (χ4n) is 5.11. The van der Waals surface area contributed by atoms with Gasteiger partial charge in [0.2, 0.25) is 0 Å². The highest BCUT2D eigenvalue weighted by Gasteiger charge is 2.52. The third-order valence-corrected chi connectivity index (χ3v) is 6.47. The van der Waals surface area contributed by atoms with Gasteiger partial charge < -0.3 is 5.32 Å². The lowest BCUT2D eigenvalue weighted by molar-refractivity contribution is -0.107. The van der Waals surface area contributed by atoms with Crippen LogP contribution in [0.4, 0.5) is 0 Å². The van der Waals surface area contributed by atoms with Gasteiger partial charge in [0.25, 0.3) is 0 Å². The van der Waals surface area contributed by atoms with Crippen LogP contribution in [0.15, 0.2) is 0 Å². The van der Waals surface area contributed by atoms with Crippen LogP contribution in [0.5, 0.6) is 0 Å². The van der Waals surface area contributed by atoms with E-state index in [4.69, 9.17) is 0 Å². The van der Waals surface area contributed by atoms with E-state index in [1.807, 2.05) is 0 Å². The van der Waals surface area contributed by atoms with Gasteiger partial charge in [-0.2, -0.15) is 0 Å². The molecular formula is C16H29N3. The van der Waals surface area contributed by atoms with E-state index in [0.29, 0.717) is 0 Å². The smallest absolute Gasteiger partial charge is 0.0351 e. The van der Waals surface area contributed by atoms with Crippen LogP contribution in [0, 0.1) is 5.41 Å². The number of hydrogen-bond acceptors (Lipinski definition) is 3. The fourth-order valence-corrected chi connectivity index (χ4v) is 5.11. The van der Waals surface area contributed by atoms with Gasteiger partial charge in [-0.15, -0.1) is 0 Å². The molecule has 2 aliphatic carbocycles. The second-order valence-electron chi connectivity index (χ2n) is 7.37. The third kappa shape index (κ3) is 2.14. The van der Waals surface area contributed by atoms with Crippen molar-refractivity contribution < 1.29 is 0 Å². The Morgan fingerprint density at radius 2 is 1.58 bits per heavy atom. The largest absolute Gasteiger partial charge is 0.314 e. The normalized spacial score (nSPS) is 36.9. The van der Waals surface area contributed by atoms with Crippen molar-refractivity contribution in [2.75, 3.05) is 39.3 Å². The zero-order valence-corrected chi connectivity index (χ0v) is 12.2. The van der Waals surface area contributed by atoms with Gasteiger partial charge in [0, 0.05) is 51.4 Å². The van der Waals surface area contributed by atoms with Crippen molar-refractivity contribution in [1.82, 2.24) is 15.1 Å². The maximum atomic E-state index is 3.47. The predicted octanol–water partition coefficient (Wildman–Crippen LogP) is 1.69. The molecule has 2 saturated carbocycles. The molecule has 1 atom stereocenters. The fraction of sp³-hybridized carbons (Fsp3) is 1.00. The van der Waals surface area contributed by atoms with Crippen molar-refractivity contribution in [1.29, 1.82) is 0 Å². The van der Waals surface area contributed by atoms with Crippen LogP contribution in [-0.2, 0) is 0 Å². The molecule has 0 bridgehead atoms. The van der Waals surface area contributed by atoms with E-state index < -0.39 is 0 Å². The quantitative estimate of drug-likeness (QED) is 0.818. The van der Waals surface area contributed by atoms with Crippen LogP contribution >= 0.6 is 0 Å². The maximum Gasteiger partial charge on any atom is 0.0351 e. The highest BCUT2D eigenvalue weighted by Crippen LogP contribution is 2.54. The van der Waals surface area contributed by atoms with E-state index in [1.165, 1.54) is 84.2 Å². The molecule has 1 N–H and O–H groups in total. The summed E-state index contributed by atoms with van der Waals surface area (Å²) in [7, 11) is 0. The summed E-state index contributed by atoms with van der Waals surface area (Å²) >= 11 is 0. The Kier molecular flexibility index (Phi) is 3.33. The van der Waals surface area contributed by atoms with E-state index in [0.717, 1.165) is 17.5 Å². The molecule has 1 spiro atoms. The van der Waals surface area contributed by atoms with Crippen molar-refractivity contribution in [3.63, 3.8) is 0 Å². The topological polar surface area (TPSA) is 18.5 Å². The van der Waals surface area contributed by atoms with Crippen molar-refractivity contribution in [3.05, 3.63) is 0 Å². The molecule has 0 radical (unpaired) electrons. The highest BCUT2D eigenvalue weighted by molar-refractivity contribution is 5.06. The summed E-state index contributed by atoms with van der Waals surface area (Å²) in [6, 6.07) is 1.84. The number of piperazine rings is 1. The average molecular weight is 263 g/mol. The highest BCUT2D eigenvalue weighted by atomic mass is 15.3. The molecule has 0 aromatic heterocycles. The van der Waals surface area contributed by atoms with Gasteiger partial charge in [-0.1, -0.05) is 19.3 Å². The van der Waals surface area contributed by atoms with E-state index in [-0.39, 0.29) is 0 Å². The standard InChI is InChI=1S/C16H29N3/c1-2-5-16(6-3-1)7-4-15(16)19-12-14(13-19)18-10-8-17-9-11-18/h14-15,17H,1-13H2. The first kappa shape index (κ1) is 12.6. The minimum atomic E-state index is 0.771. The minimum absolute atomic E-state index is 0.771. The summed E-state index contributed by atoms with van der Waals surface area (Å²) in [5.41, 5.74) is 0.771. The predicted molar refractivity (Wildman–Crippen MR) is 78.3 cm³/mol. The molecule has 4 fully saturated rings. The molecule has 2 saturated heterocycles. The summed E-state index contributed by atoms with van der Waals surface area (Å²) < 4.78 is 0. The van der Waals surface area contributed by atoms with Crippen LogP contribution in [-0.4, -0.2) is 61.2 Å². The number of likely N-dealkylation sites (tertiary alicyclic amines) is 1. The summed E-state index contributed by atoms with van der Waals surface area (Å²) in [6.07, 6.45) is 10.6. The molecule has 0 aromatic rings. The van der Waals surface area contributed by atoms with Gasteiger partial charge in [-0.25, -0.2) is 0 Å². The second kappa shape index (κ2) is 5.01. The van der Waals surface area contributed by atoms with Crippen molar-refractivity contribution in [3.8, 4) is 0 Å². The van der Waals surface area contributed by atoms with Crippen molar-refractivity contribution in [2.24, 2.45) is 5.41 Å². The number of nitrogens with zero attached hydrogens (tertiary/aromatic N) is 2. The Morgan fingerprint density at radius 1 is 0.842 bits per heavy atom. The molecule has 3 heteroatoms. The lowest BCUT2D eigenvalue weighted by atomic mass is 9.56. The Balaban J connectivity index is 1.31. The number of rotatable bonds is 2. The van der Waals surface area contributed by atoms with Gasteiger partial charge in [-0.3, -0.25) is 9.80 Å². The molecular weight excluding hydrogens is 234 g/mol. The van der Waals surface area contributed by atoms with Gasteiger partial charge in [0.1, 0.15) is 0 Å². The summed E-state index contributed by atoms with van der Waals surface area (Å²) in [4.78, 5) is 5.56. The summed E-state index contributed by atoms with van der Waals surface area (Å²) in [6.45, 7) is 7.68. The molecule has 4 rings (SSSR count). The van der Waals surface area contributed by atoms with Crippen LogP contribution < -0.4 is 5.32 Å². The van der Waals surface area contributed by atoms with E-state index in [1.54, 1.807) is 0 Å². The summed E-state index contributed by atoms with van der Waals surface area (Å²) in [5.74, 6) is 0. The van der Waals surface area contributed by atoms with Gasteiger partial charge in [-0.05, 0) is 31.1 Å². The van der Waals surface area contributed by atoms with Crippen LogP contribution in [0.25, 0.3) is 0 Å².